The molecule has 2 fully saturated rings. The zero-order valence-corrected chi connectivity index (χ0v) is 28.0. The van der Waals surface area contributed by atoms with Gasteiger partial charge in [-0.15, -0.1) is 0 Å². The molecule has 45 heavy (non-hydrogen) atoms. The molecule has 0 amide bonds. The number of aliphatic hydroxyl groups is 3. The molecule has 7 heteroatoms. The lowest BCUT2D eigenvalue weighted by Gasteiger charge is -2.60. The van der Waals surface area contributed by atoms with Crippen LogP contribution < -0.4 is 0 Å². The molecule has 2 saturated carbocycles. The number of carbonyl (C=O) groups excluding carboxylic acids is 3. The summed E-state index contributed by atoms with van der Waals surface area (Å²) in [5.74, 6) is -4.39. The maximum absolute atomic E-state index is 14.6. The molecule has 4 aliphatic rings. The summed E-state index contributed by atoms with van der Waals surface area (Å²) in [6.45, 7) is 16.7. The molecule has 0 saturated heterocycles. The van der Waals surface area contributed by atoms with Crippen LogP contribution in [0.5, 0.6) is 5.75 Å². The van der Waals surface area contributed by atoms with Crippen LogP contribution in [0.25, 0.3) is 5.76 Å². The molecule has 244 valence electrons. The van der Waals surface area contributed by atoms with Crippen LogP contribution in [0.15, 0.2) is 35.1 Å². The van der Waals surface area contributed by atoms with Crippen molar-refractivity contribution in [2.45, 2.75) is 118 Å². The van der Waals surface area contributed by atoms with E-state index in [0.717, 1.165) is 30.0 Å². The Hall–Kier alpha value is -3.19. The van der Waals surface area contributed by atoms with Gasteiger partial charge in [-0.05, 0) is 67.1 Å². The Kier molecular flexibility index (Phi) is 8.30. The van der Waals surface area contributed by atoms with Crippen LogP contribution in [0.1, 0.15) is 122 Å². The van der Waals surface area contributed by atoms with Gasteiger partial charge in [0.25, 0.3) is 0 Å². The molecular formula is C38H50O7. The van der Waals surface area contributed by atoms with E-state index in [4.69, 9.17) is 0 Å². The summed E-state index contributed by atoms with van der Waals surface area (Å²) in [6.07, 6.45) is 7.76. The van der Waals surface area contributed by atoms with Crippen LogP contribution in [0, 0.1) is 28.6 Å². The first kappa shape index (κ1) is 33.2. The van der Waals surface area contributed by atoms with Crippen molar-refractivity contribution in [1.29, 1.82) is 0 Å². The number of aromatic hydroxyl groups is 1. The minimum atomic E-state index is -2.61. The zero-order valence-electron chi connectivity index (χ0n) is 28.0. The van der Waals surface area contributed by atoms with Gasteiger partial charge < -0.3 is 20.4 Å². The minimum Gasteiger partial charge on any atom is -0.508 e. The first-order valence-corrected chi connectivity index (χ1v) is 16.6. The normalized spacial score (nSPS) is 30.5. The largest absolute Gasteiger partial charge is 0.508 e. The molecule has 0 heterocycles. The highest BCUT2D eigenvalue weighted by atomic mass is 16.3. The van der Waals surface area contributed by atoms with E-state index in [9.17, 15) is 34.8 Å². The molecule has 0 aliphatic heterocycles. The molecule has 4 atom stereocenters. The van der Waals surface area contributed by atoms with Crippen LogP contribution in [-0.2, 0) is 27.2 Å². The highest BCUT2D eigenvalue weighted by Gasteiger charge is 2.72. The number of benzene rings is 1. The molecule has 0 bridgehead atoms. The topological polar surface area (TPSA) is 132 Å². The lowest BCUT2D eigenvalue weighted by molar-refractivity contribution is -0.178. The smallest absolute Gasteiger partial charge is 0.203 e. The van der Waals surface area contributed by atoms with Crippen molar-refractivity contribution < 1.29 is 34.8 Å². The molecule has 1 aromatic rings. The summed E-state index contributed by atoms with van der Waals surface area (Å²) in [6, 6.07) is 2.00. The molecule has 1 aromatic carbocycles. The lowest BCUT2D eigenvalue weighted by Crippen LogP contribution is -2.69. The van der Waals surface area contributed by atoms with E-state index in [2.05, 4.69) is 20.4 Å². The van der Waals surface area contributed by atoms with Gasteiger partial charge in [0.1, 0.15) is 22.8 Å². The second kappa shape index (κ2) is 11.3. The third kappa shape index (κ3) is 4.83. The fraction of sp³-hybridized carbons (Fsp3) is 0.605. The number of hydrogen-bond donors (Lipinski definition) is 4. The molecular weight excluding hydrogens is 568 g/mol. The number of rotatable bonds is 7. The maximum Gasteiger partial charge on any atom is 0.203 e. The molecule has 5 rings (SSSR count). The van der Waals surface area contributed by atoms with Crippen molar-refractivity contribution in [3.63, 3.8) is 0 Å². The average molecular weight is 619 g/mol. The zero-order chi connectivity index (χ0) is 33.4. The van der Waals surface area contributed by atoms with Gasteiger partial charge in [-0.25, -0.2) is 0 Å². The highest BCUT2D eigenvalue weighted by Crippen LogP contribution is 2.65. The summed E-state index contributed by atoms with van der Waals surface area (Å²) in [4.78, 5) is 41.0. The van der Waals surface area contributed by atoms with Crippen molar-refractivity contribution in [3.8, 4) is 5.75 Å². The van der Waals surface area contributed by atoms with Crippen LogP contribution in [-0.4, -0.2) is 43.4 Å². The third-order valence-electron chi connectivity index (χ3n) is 11.5. The van der Waals surface area contributed by atoms with Crippen LogP contribution in [0.4, 0.5) is 0 Å². The van der Waals surface area contributed by atoms with Crippen molar-refractivity contribution in [3.05, 3.63) is 57.4 Å². The summed E-state index contributed by atoms with van der Waals surface area (Å²) < 4.78 is 0. The Bertz CT molecular complexity index is 1550. The molecule has 0 aromatic heterocycles. The summed E-state index contributed by atoms with van der Waals surface area (Å²) in [5, 5.41) is 47.5. The van der Waals surface area contributed by atoms with Gasteiger partial charge in [-0.1, -0.05) is 91.9 Å². The van der Waals surface area contributed by atoms with Gasteiger partial charge in [-0.2, -0.15) is 0 Å². The number of ketones is 3. The average Bonchev–Trinajstić information content (AvgIpc) is 2.92. The molecule has 4 N–H and O–H groups in total. The number of phenols is 1. The molecule has 0 spiro atoms. The van der Waals surface area contributed by atoms with Crippen molar-refractivity contribution >= 4 is 23.1 Å². The number of fused-ring (bicyclic) bond motifs is 3. The predicted octanol–water partition coefficient (Wildman–Crippen LogP) is 7.38. The summed E-state index contributed by atoms with van der Waals surface area (Å²) in [5.41, 5.74) is -2.25. The standard InChI is InChI=1S/C38H50O7/c1-19(2)25-16-24(15-21(5)14-23-12-10-9-11-13-23)31(40)28-26(25)17-36(7)18-37(8)29(20(3)4)32(41)27(22(6)39)34(43)38(37,45)35(44)30(36)33(28)42/h16,19-20,23,29,40,42-43,45H,5,9-15,17-18H2,1-4,6-8H3/t29?,36-,37-,38+/m1/s1. The van der Waals surface area contributed by atoms with E-state index in [-0.39, 0.29) is 41.6 Å². The fourth-order valence-electron chi connectivity index (χ4n) is 9.66. The quantitative estimate of drug-likeness (QED) is 0.185. The van der Waals surface area contributed by atoms with Crippen molar-refractivity contribution in [2.24, 2.45) is 28.6 Å². The Morgan fingerprint density at radius 2 is 1.67 bits per heavy atom. The van der Waals surface area contributed by atoms with Crippen LogP contribution in [0.3, 0.4) is 0 Å². The molecule has 7 nitrogen and oxygen atoms in total. The molecule has 4 aliphatic carbocycles. The van der Waals surface area contributed by atoms with Gasteiger partial charge in [-0.3, -0.25) is 14.4 Å². The van der Waals surface area contributed by atoms with Crippen molar-refractivity contribution in [1.82, 2.24) is 0 Å². The Balaban J connectivity index is 1.69. The Labute approximate surface area is 267 Å². The Morgan fingerprint density at radius 1 is 1.04 bits per heavy atom. The number of allylic oxidation sites excluding steroid dienone is 2. The lowest BCUT2D eigenvalue weighted by atomic mass is 9.43. The van der Waals surface area contributed by atoms with Crippen LogP contribution in [0.2, 0.25) is 0 Å². The maximum atomic E-state index is 14.6. The van der Waals surface area contributed by atoms with E-state index in [1.165, 1.54) is 32.1 Å². The highest BCUT2D eigenvalue weighted by molar-refractivity contribution is 6.24. The van der Waals surface area contributed by atoms with E-state index in [1.54, 1.807) is 20.8 Å². The molecule has 0 radical (unpaired) electrons. The number of hydrogen-bond acceptors (Lipinski definition) is 7. The summed E-state index contributed by atoms with van der Waals surface area (Å²) >= 11 is 0. The number of aliphatic hydroxyl groups excluding tert-OH is 2. The number of phenolic OH excluding ortho intramolecular Hbond substituents is 1. The first-order valence-electron chi connectivity index (χ1n) is 16.6. The van der Waals surface area contributed by atoms with E-state index in [1.807, 2.05) is 13.0 Å². The van der Waals surface area contributed by atoms with E-state index >= 15 is 0 Å². The van der Waals surface area contributed by atoms with Crippen molar-refractivity contribution in [2.75, 3.05) is 0 Å². The third-order valence-corrected chi connectivity index (χ3v) is 11.5. The van der Waals surface area contributed by atoms with E-state index in [0.29, 0.717) is 17.9 Å². The van der Waals surface area contributed by atoms with E-state index < -0.39 is 56.8 Å². The monoisotopic (exact) mass is 618 g/mol. The fourth-order valence-corrected chi connectivity index (χ4v) is 9.66. The van der Waals surface area contributed by atoms with Crippen LogP contribution >= 0.6 is 0 Å². The first-order chi connectivity index (χ1) is 20.9. The van der Waals surface area contributed by atoms with Gasteiger partial charge in [0, 0.05) is 22.3 Å². The SMILES string of the molecule is C=C(Cc1cc(C(C)C)c2c(c1O)C(O)=C1C(=O)[C@@]3(O)C(O)=C(C(C)=O)C(=O)C(C(C)C)[C@@]3(C)C[C@@]1(C)C2)CC1CCCCC1. The van der Waals surface area contributed by atoms with Gasteiger partial charge in [0.05, 0.1) is 5.56 Å². The Morgan fingerprint density at radius 3 is 2.22 bits per heavy atom. The van der Waals surface area contributed by atoms with Gasteiger partial charge in [0.2, 0.25) is 5.78 Å². The predicted molar refractivity (Wildman–Crippen MR) is 174 cm³/mol. The minimum absolute atomic E-state index is 0.0410. The molecule has 1 unspecified atom stereocenters. The second-order valence-corrected chi connectivity index (χ2v) is 15.6. The number of Topliss-reactive ketones (excluding diaryl/α,β-unsaturated/α-hetero) is 3. The van der Waals surface area contributed by atoms with Gasteiger partial charge in [0.15, 0.2) is 17.2 Å². The number of carbonyl (C=O) groups is 3. The van der Waals surface area contributed by atoms with Gasteiger partial charge >= 0.3 is 0 Å². The summed E-state index contributed by atoms with van der Waals surface area (Å²) in [7, 11) is 0. The second-order valence-electron chi connectivity index (χ2n) is 15.6.